The van der Waals surface area contributed by atoms with Crippen LogP contribution >= 0.6 is 0 Å². The summed E-state index contributed by atoms with van der Waals surface area (Å²) in [7, 11) is 3.31. The van der Waals surface area contributed by atoms with E-state index >= 15 is 0 Å². The average Bonchev–Trinajstić information content (AvgIpc) is 2.71. The Labute approximate surface area is 161 Å². The Morgan fingerprint density at radius 2 is 1.93 bits per heavy atom. The van der Waals surface area contributed by atoms with Crippen molar-refractivity contribution in [1.82, 2.24) is 9.88 Å². The Balaban J connectivity index is 1.73. The summed E-state index contributed by atoms with van der Waals surface area (Å²) in [6, 6.07) is 12.4. The van der Waals surface area contributed by atoms with Gasteiger partial charge < -0.3 is 14.4 Å². The molecule has 0 saturated carbocycles. The van der Waals surface area contributed by atoms with Crippen molar-refractivity contribution in [3.05, 3.63) is 47.8 Å². The third-order valence-corrected chi connectivity index (χ3v) is 5.16. The van der Waals surface area contributed by atoms with Gasteiger partial charge in [-0.25, -0.2) is 0 Å². The molecule has 1 aliphatic heterocycles. The van der Waals surface area contributed by atoms with E-state index in [4.69, 9.17) is 14.5 Å². The highest BCUT2D eigenvalue weighted by molar-refractivity contribution is 5.76. The molecule has 0 aliphatic carbocycles. The number of ether oxygens (including phenoxy) is 2. The number of methoxy groups -OCH3 is 2. The molecule has 5 nitrogen and oxygen atoms in total. The van der Waals surface area contributed by atoms with E-state index in [0.29, 0.717) is 18.9 Å². The molecule has 2 aromatic rings. The summed E-state index contributed by atoms with van der Waals surface area (Å²) >= 11 is 0. The zero-order valence-corrected chi connectivity index (χ0v) is 16.4. The highest BCUT2D eigenvalue weighted by Crippen LogP contribution is 2.31. The summed E-state index contributed by atoms with van der Waals surface area (Å²) in [5.74, 6) is 1.43. The molecule has 0 radical (unpaired) electrons. The molecule has 5 heteroatoms. The maximum Gasteiger partial charge on any atom is 0.224 e. The third kappa shape index (κ3) is 4.86. The lowest BCUT2D eigenvalue weighted by Gasteiger charge is -2.32. The molecule has 27 heavy (non-hydrogen) atoms. The molecule has 1 aliphatic rings. The van der Waals surface area contributed by atoms with Crippen LogP contribution in [0.3, 0.4) is 0 Å². The van der Waals surface area contributed by atoms with Gasteiger partial charge in [-0.1, -0.05) is 12.1 Å². The number of hydrogen-bond acceptors (Lipinski definition) is 4. The fourth-order valence-corrected chi connectivity index (χ4v) is 3.64. The summed E-state index contributed by atoms with van der Waals surface area (Å²) < 4.78 is 10.4. The van der Waals surface area contributed by atoms with Crippen molar-refractivity contribution in [2.45, 2.75) is 32.1 Å². The number of likely N-dealkylation sites (tertiary alicyclic amines) is 1. The first-order valence-corrected chi connectivity index (χ1v) is 9.50. The lowest BCUT2D eigenvalue weighted by Crippen LogP contribution is -2.38. The van der Waals surface area contributed by atoms with Gasteiger partial charge in [0.25, 0.3) is 0 Å². The van der Waals surface area contributed by atoms with Crippen LogP contribution < -0.4 is 4.74 Å². The molecule has 144 valence electrons. The van der Waals surface area contributed by atoms with E-state index in [1.54, 1.807) is 14.2 Å². The zero-order valence-electron chi connectivity index (χ0n) is 16.4. The molecule has 1 aromatic carbocycles. The molecule has 3 rings (SSSR count). The van der Waals surface area contributed by atoms with Gasteiger partial charge in [0.15, 0.2) is 0 Å². The second-order valence-corrected chi connectivity index (χ2v) is 7.05. The molecule has 0 bridgehead atoms. The SMILES string of the molecule is COCCC(=O)N1CCC(c2cc(-c3cccc(OC)c3)cc(C)n2)CC1. The van der Waals surface area contributed by atoms with Crippen molar-refractivity contribution in [2.24, 2.45) is 0 Å². The van der Waals surface area contributed by atoms with Gasteiger partial charge in [0.2, 0.25) is 5.91 Å². The Hall–Kier alpha value is -2.40. The van der Waals surface area contributed by atoms with Crippen LogP contribution in [0.25, 0.3) is 11.1 Å². The Bertz CT molecular complexity index is 783. The minimum atomic E-state index is 0.185. The Kier molecular flexibility index (Phi) is 6.45. The first-order valence-electron chi connectivity index (χ1n) is 9.50. The largest absolute Gasteiger partial charge is 0.497 e. The van der Waals surface area contributed by atoms with Crippen molar-refractivity contribution in [3.63, 3.8) is 0 Å². The predicted molar refractivity (Wildman–Crippen MR) is 106 cm³/mol. The summed E-state index contributed by atoms with van der Waals surface area (Å²) in [5, 5.41) is 0. The highest BCUT2D eigenvalue weighted by atomic mass is 16.5. The number of hydrogen-bond donors (Lipinski definition) is 0. The van der Waals surface area contributed by atoms with Gasteiger partial charge in [0, 0.05) is 37.5 Å². The number of rotatable bonds is 6. The van der Waals surface area contributed by atoms with Gasteiger partial charge in [-0.15, -0.1) is 0 Å². The van der Waals surface area contributed by atoms with Crippen LogP contribution in [0.15, 0.2) is 36.4 Å². The molecule has 0 N–H and O–H groups in total. The number of pyridine rings is 1. The maximum absolute atomic E-state index is 12.2. The topological polar surface area (TPSA) is 51.7 Å². The Morgan fingerprint density at radius 1 is 1.15 bits per heavy atom. The fourth-order valence-electron chi connectivity index (χ4n) is 3.64. The van der Waals surface area contributed by atoms with E-state index in [9.17, 15) is 4.79 Å². The molecule has 0 atom stereocenters. The standard InChI is InChI=1S/C22H28N2O3/c1-16-13-19(18-5-4-6-20(14-18)27-3)15-21(23-16)17-7-10-24(11-8-17)22(25)9-12-26-2/h4-6,13-15,17H,7-12H2,1-3H3. The number of piperidine rings is 1. The van der Waals surface area contributed by atoms with Crippen LogP contribution in [0.1, 0.15) is 36.6 Å². The van der Waals surface area contributed by atoms with E-state index in [1.807, 2.05) is 24.0 Å². The number of carbonyl (C=O) groups excluding carboxylic acids is 1. The fraction of sp³-hybridized carbons (Fsp3) is 0.455. The van der Waals surface area contributed by atoms with Gasteiger partial charge >= 0.3 is 0 Å². The van der Waals surface area contributed by atoms with Crippen molar-refractivity contribution >= 4 is 5.91 Å². The van der Waals surface area contributed by atoms with Crippen molar-refractivity contribution in [3.8, 4) is 16.9 Å². The van der Waals surface area contributed by atoms with E-state index in [1.165, 1.54) is 0 Å². The van der Waals surface area contributed by atoms with Crippen molar-refractivity contribution in [2.75, 3.05) is 33.9 Å². The monoisotopic (exact) mass is 368 g/mol. The zero-order chi connectivity index (χ0) is 19.2. The van der Waals surface area contributed by atoms with Gasteiger partial charge in [0.05, 0.1) is 20.1 Å². The lowest BCUT2D eigenvalue weighted by molar-refractivity contribution is -0.133. The molecule has 2 heterocycles. The quantitative estimate of drug-likeness (QED) is 0.778. The minimum absolute atomic E-state index is 0.185. The van der Waals surface area contributed by atoms with Crippen LogP contribution in [-0.4, -0.2) is 49.7 Å². The average molecular weight is 368 g/mol. The van der Waals surface area contributed by atoms with Crippen molar-refractivity contribution in [1.29, 1.82) is 0 Å². The molecule has 1 aromatic heterocycles. The molecule has 1 fully saturated rings. The third-order valence-electron chi connectivity index (χ3n) is 5.16. The van der Waals surface area contributed by atoms with Gasteiger partial charge in [0.1, 0.15) is 5.75 Å². The number of benzene rings is 1. The normalized spacial score (nSPS) is 15.0. The van der Waals surface area contributed by atoms with Crippen LogP contribution in [0.5, 0.6) is 5.75 Å². The number of nitrogens with zero attached hydrogens (tertiary/aromatic N) is 2. The van der Waals surface area contributed by atoms with E-state index in [2.05, 4.69) is 24.3 Å². The predicted octanol–water partition coefficient (Wildman–Crippen LogP) is 3.81. The second-order valence-electron chi connectivity index (χ2n) is 7.05. The summed E-state index contributed by atoms with van der Waals surface area (Å²) in [4.78, 5) is 18.9. The number of carbonyl (C=O) groups is 1. The molecule has 0 spiro atoms. The van der Waals surface area contributed by atoms with Crippen LogP contribution in [0.2, 0.25) is 0 Å². The van der Waals surface area contributed by atoms with E-state index in [0.717, 1.165) is 54.2 Å². The highest BCUT2D eigenvalue weighted by Gasteiger charge is 2.24. The van der Waals surface area contributed by atoms with Crippen molar-refractivity contribution < 1.29 is 14.3 Å². The van der Waals surface area contributed by atoms with Gasteiger partial charge in [-0.05, 0) is 55.2 Å². The lowest BCUT2D eigenvalue weighted by atomic mass is 9.91. The van der Waals surface area contributed by atoms with Gasteiger partial charge in [-0.2, -0.15) is 0 Å². The smallest absolute Gasteiger partial charge is 0.224 e. The van der Waals surface area contributed by atoms with Crippen LogP contribution in [0.4, 0.5) is 0 Å². The first kappa shape index (κ1) is 19.4. The summed E-state index contributed by atoms with van der Waals surface area (Å²) in [5.41, 5.74) is 4.43. The molecule has 1 amide bonds. The number of aromatic nitrogens is 1. The maximum atomic E-state index is 12.2. The minimum Gasteiger partial charge on any atom is -0.497 e. The summed E-state index contributed by atoms with van der Waals surface area (Å²) in [6.07, 6.45) is 2.36. The van der Waals surface area contributed by atoms with Gasteiger partial charge in [-0.3, -0.25) is 9.78 Å². The number of amides is 1. The molecular formula is C22H28N2O3. The number of aryl methyl sites for hydroxylation is 1. The molecule has 1 saturated heterocycles. The molecule has 0 unspecified atom stereocenters. The molecular weight excluding hydrogens is 340 g/mol. The van der Waals surface area contributed by atoms with Crippen LogP contribution in [0, 0.1) is 6.92 Å². The Morgan fingerprint density at radius 3 is 2.63 bits per heavy atom. The first-order chi connectivity index (χ1) is 13.1. The summed E-state index contributed by atoms with van der Waals surface area (Å²) in [6.45, 7) is 4.10. The second kappa shape index (κ2) is 9.00. The van der Waals surface area contributed by atoms with E-state index in [-0.39, 0.29) is 5.91 Å². The van der Waals surface area contributed by atoms with Crippen LogP contribution in [-0.2, 0) is 9.53 Å². The van der Waals surface area contributed by atoms with E-state index < -0.39 is 0 Å².